The molecule has 0 amide bonds. The van der Waals surface area contributed by atoms with Gasteiger partial charge in [-0.15, -0.1) is 0 Å². The number of nitrogens with zero attached hydrogens (tertiary/aromatic N) is 2. The number of benzene rings is 2. The van der Waals surface area contributed by atoms with E-state index in [1.165, 1.54) is 6.07 Å². The van der Waals surface area contributed by atoms with Gasteiger partial charge >= 0.3 is 0 Å². The van der Waals surface area contributed by atoms with Crippen molar-refractivity contribution in [1.82, 2.24) is 0 Å². The fourth-order valence-corrected chi connectivity index (χ4v) is 2.30. The smallest absolute Gasteiger partial charge is 0.143 e. The highest BCUT2D eigenvalue weighted by atomic mass is 19.1. The van der Waals surface area contributed by atoms with E-state index in [2.05, 4.69) is 0 Å². The molecule has 0 aliphatic carbocycles. The maximum atomic E-state index is 13.8. The summed E-state index contributed by atoms with van der Waals surface area (Å²) in [4.78, 5) is 2.00. The molecule has 0 aliphatic rings. The maximum Gasteiger partial charge on any atom is 0.143 e. The molecule has 0 aromatic heterocycles. The van der Waals surface area contributed by atoms with Crippen LogP contribution >= 0.6 is 0 Å². The van der Waals surface area contributed by atoms with E-state index in [-0.39, 0.29) is 11.6 Å². The van der Waals surface area contributed by atoms with Crippen LogP contribution in [0.4, 0.5) is 15.8 Å². The number of hydrogen-bond donors (Lipinski definition) is 1. The lowest BCUT2D eigenvalue weighted by molar-refractivity contribution is 0.618. The van der Waals surface area contributed by atoms with Crippen LogP contribution in [0.3, 0.4) is 0 Å². The monoisotopic (exact) mass is 283 g/mol. The first kappa shape index (κ1) is 14.9. The van der Waals surface area contributed by atoms with Crippen LogP contribution < -0.4 is 10.6 Å². The van der Waals surface area contributed by atoms with E-state index in [4.69, 9.17) is 5.73 Å². The second kappa shape index (κ2) is 6.27. The summed E-state index contributed by atoms with van der Waals surface area (Å²) in [6, 6.07) is 14.4. The molecule has 0 radical (unpaired) electrons. The van der Waals surface area contributed by atoms with Crippen molar-refractivity contribution in [2.45, 2.75) is 26.4 Å². The summed E-state index contributed by atoms with van der Waals surface area (Å²) in [6.45, 7) is 4.59. The van der Waals surface area contributed by atoms with Crippen molar-refractivity contribution in [3.05, 3.63) is 59.4 Å². The van der Waals surface area contributed by atoms with Crippen LogP contribution in [-0.4, -0.2) is 6.04 Å². The molecule has 2 N–H and O–H groups in total. The molecule has 0 saturated carbocycles. The van der Waals surface area contributed by atoms with Crippen LogP contribution in [0.2, 0.25) is 0 Å². The lowest BCUT2D eigenvalue weighted by Gasteiger charge is -2.30. The molecule has 0 aliphatic heterocycles. The van der Waals surface area contributed by atoms with E-state index < -0.39 is 5.82 Å². The van der Waals surface area contributed by atoms with Crippen molar-refractivity contribution in [2.75, 3.05) is 10.6 Å². The van der Waals surface area contributed by atoms with Crippen LogP contribution in [0, 0.1) is 17.1 Å². The molecule has 0 saturated heterocycles. The Labute approximate surface area is 124 Å². The molecule has 0 unspecified atom stereocenters. The Morgan fingerprint density at radius 1 is 1.24 bits per heavy atom. The first-order valence-corrected chi connectivity index (χ1v) is 6.82. The van der Waals surface area contributed by atoms with Gasteiger partial charge in [-0.1, -0.05) is 18.2 Å². The third-order valence-electron chi connectivity index (χ3n) is 3.34. The van der Waals surface area contributed by atoms with Crippen molar-refractivity contribution in [2.24, 2.45) is 0 Å². The minimum absolute atomic E-state index is 0.0788. The van der Waals surface area contributed by atoms with E-state index in [0.29, 0.717) is 17.9 Å². The van der Waals surface area contributed by atoms with Crippen LogP contribution in [0.1, 0.15) is 25.0 Å². The predicted octanol–water partition coefficient (Wildman–Crippen LogP) is 3.69. The van der Waals surface area contributed by atoms with Gasteiger partial charge in [0, 0.05) is 18.3 Å². The van der Waals surface area contributed by atoms with Crippen LogP contribution in [0.5, 0.6) is 0 Å². The van der Waals surface area contributed by atoms with Crippen molar-refractivity contribution >= 4 is 11.4 Å². The van der Waals surface area contributed by atoms with Crippen molar-refractivity contribution in [1.29, 1.82) is 5.26 Å². The second-order valence-corrected chi connectivity index (χ2v) is 5.21. The fraction of sp³-hybridized carbons (Fsp3) is 0.235. The number of halogens is 1. The van der Waals surface area contributed by atoms with Crippen molar-refractivity contribution in [3.8, 4) is 6.07 Å². The highest BCUT2D eigenvalue weighted by Gasteiger charge is 2.17. The molecule has 2 aromatic rings. The van der Waals surface area contributed by atoms with E-state index >= 15 is 0 Å². The average molecular weight is 283 g/mol. The van der Waals surface area contributed by atoms with Gasteiger partial charge in [-0.05, 0) is 43.7 Å². The van der Waals surface area contributed by atoms with E-state index in [1.54, 1.807) is 12.1 Å². The van der Waals surface area contributed by atoms with E-state index in [0.717, 1.165) is 5.56 Å². The number of hydrogen-bond acceptors (Lipinski definition) is 3. The Morgan fingerprint density at radius 2 is 1.95 bits per heavy atom. The molecule has 0 bridgehead atoms. The molecule has 2 aromatic carbocycles. The topological polar surface area (TPSA) is 53.0 Å². The minimum atomic E-state index is -0.492. The number of nitrogen functional groups attached to an aromatic ring is 1. The highest BCUT2D eigenvalue weighted by Crippen LogP contribution is 2.26. The van der Waals surface area contributed by atoms with Gasteiger partial charge in [-0.3, -0.25) is 0 Å². The summed E-state index contributed by atoms with van der Waals surface area (Å²) in [6.07, 6.45) is 0. The zero-order chi connectivity index (χ0) is 15.4. The zero-order valence-corrected chi connectivity index (χ0v) is 12.2. The first-order chi connectivity index (χ1) is 10.0. The SMILES string of the molecule is CC(C)N(Cc1cccc(N)c1)c1cccc(F)c1C#N. The Morgan fingerprint density at radius 3 is 2.57 bits per heavy atom. The maximum absolute atomic E-state index is 13.8. The minimum Gasteiger partial charge on any atom is -0.399 e. The van der Waals surface area contributed by atoms with Crippen LogP contribution in [-0.2, 0) is 6.54 Å². The Kier molecular flexibility index (Phi) is 4.44. The quantitative estimate of drug-likeness (QED) is 0.871. The molecule has 21 heavy (non-hydrogen) atoms. The normalized spacial score (nSPS) is 10.4. The van der Waals surface area contributed by atoms with Gasteiger partial charge in [0.15, 0.2) is 0 Å². The van der Waals surface area contributed by atoms with E-state index in [1.807, 2.05) is 49.1 Å². The number of rotatable bonds is 4. The molecule has 0 heterocycles. The lowest BCUT2D eigenvalue weighted by Crippen LogP contribution is -2.31. The lowest BCUT2D eigenvalue weighted by atomic mass is 10.1. The molecule has 108 valence electrons. The largest absolute Gasteiger partial charge is 0.399 e. The summed E-state index contributed by atoms with van der Waals surface area (Å²) in [5.41, 5.74) is 8.20. The highest BCUT2D eigenvalue weighted by molar-refractivity contribution is 5.60. The third kappa shape index (κ3) is 3.32. The molecule has 2 rings (SSSR count). The summed E-state index contributed by atoms with van der Waals surface area (Å²) in [5, 5.41) is 9.20. The average Bonchev–Trinajstić information content (AvgIpc) is 2.44. The van der Waals surface area contributed by atoms with Gasteiger partial charge in [0.05, 0.1) is 5.69 Å². The van der Waals surface area contributed by atoms with Gasteiger partial charge in [0.1, 0.15) is 17.4 Å². The van der Waals surface area contributed by atoms with Crippen LogP contribution in [0.25, 0.3) is 0 Å². The molecular weight excluding hydrogens is 265 g/mol. The summed E-state index contributed by atoms with van der Waals surface area (Å²) in [7, 11) is 0. The summed E-state index contributed by atoms with van der Waals surface area (Å²) in [5.74, 6) is -0.492. The van der Waals surface area contributed by atoms with E-state index in [9.17, 15) is 9.65 Å². The van der Waals surface area contributed by atoms with Crippen molar-refractivity contribution in [3.63, 3.8) is 0 Å². The number of nitriles is 1. The number of nitrogens with two attached hydrogens (primary N) is 1. The summed E-state index contributed by atoms with van der Waals surface area (Å²) >= 11 is 0. The first-order valence-electron chi connectivity index (χ1n) is 6.82. The van der Waals surface area contributed by atoms with Gasteiger partial charge in [-0.25, -0.2) is 4.39 Å². The fourth-order valence-electron chi connectivity index (χ4n) is 2.30. The van der Waals surface area contributed by atoms with Gasteiger partial charge in [0.25, 0.3) is 0 Å². The number of anilines is 2. The molecule has 3 nitrogen and oxygen atoms in total. The van der Waals surface area contributed by atoms with Gasteiger partial charge in [0.2, 0.25) is 0 Å². The second-order valence-electron chi connectivity index (χ2n) is 5.21. The Hall–Kier alpha value is -2.54. The van der Waals surface area contributed by atoms with Gasteiger partial charge < -0.3 is 10.6 Å². The molecule has 4 heteroatoms. The summed E-state index contributed by atoms with van der Waals surface area (Å²) < 4.78 is 13.8. The third-order valence-corrected chi connectivity index (χ3v) is 3.34. The molecule has 0 fully saturated rings. The van der Waals surface area contributed by atoms with Crippen LogP contribution in [0.15, 0.2) is 42.5 Å². The predicted molar refractivity (Wildman–Crippen MR) is 83.3 cm³/mol. The van der Waals surface area contributed by atoms with Gasteiger partial charge in [-0.2, -0.15) is 5.26 Å². The Balaban J connectivity index is 2.41. The molecule has 0 spiro atoms. The van der Waals surface area contributed by atoms with Crippen molar-refractivity contribution < 1.29 is 4.39 Å². The molecule has 0 atom stereocenters. The Bertz CT molecular complexity index is 674. The zero-order valence-electron chi connectivity index (χ0n) is 12.2. The standard InChI is InChI=1S/C17H18FN3/c1-12(2)21(11-13-5-3-6-14(20)9-13)17-8-4-7-16(18)15(17)10-19/h3-9,12H,11,20H2,1-2H3. The molecular formula is C17H18FN3.